The van der Waals surface area contributed by atoms with Crippen LogP contribution in [0.3, 0.4) is 0 Å². The highest BCUT2D eigenvalue weighted by atomic mass is 15.2. The van der Waals surface area contributed by atoms with Gasteiger partial charge in [-0.25, -0.2) is 0 Å². The third kappa shape index (κ3) is 3.74. The van der Waals surface area contributed by atoms with Crippen molar-refractivity contribution in [3.05, 3.63) is 0 Å². The van der Waals surface area contributed by atoms with E-state index in [1.165, 1.54) is 45.2 Å². The lowest BCUT2D eigenvalue weighted by Crippen LogP contribution is -2.54. The summed E-state index contributed by atoms with van der Waals surface area (Å²) >= 11 is 0. The topological polar surface area (TPSA) is 15.3 Å². The van der Waals surface area contributed by atoms with Gasteiger partial charge in [0.15, 0.2) is 0 Å². The van der Waals surface area contributed by atoms with E-state index in [1.54, 1.807) is 0 Å². The average Bonchev–Trinajstić information content (AvgIpc) is 2.28. The summed E-state index contributed by atoms with van der Waals surface area (Å²) in [7, 11) is 0. The van der Waals surface area contributed by atoms with E-state index in [1.807, 2.05) is 0 Å². The molecule has 1 rings (SSSR count). The largest absolute Gasteiger partial charge is 0.312 e. The van der Waals surface area contributed by atoms with Gasteiger partial charge in [0.25, 0.3) is 0 Å². The number of hydrogen-bond acceptors (Lipinski definition) is 2. The minimum atomic E-state index is 0.680. The van der Waals surface area contributed by atoms with E-state index in [0.29, 0.717) is 6.04 Å². The summed E-state index contributed by atoms with van der Waals surface area (Å²) in [5, 5.41) is 3.75. The van der Waals surface area contributed by atoms with Crippen LogP contribution in [0.25, 0.3) is 0 Å². The van der Waals surface area contributed by atoms with Crippen molar-refractivity contribution in [2.75, 3.05) is 13.1 Å². The van der Waals surface area contributed by atoms with Gasteiger partial charge in [-0.05, 0) is 46.2 Å². The molecule has 2 heteroatoms. The van der Waals surface area contributed by atoms with E-state index in [9.17, 15) is 0 Å². The van der Waals surface area contributed by atoms with Gasteiger partial charge in [0, 0.05) is 18.1 Å². The Hall–Kier alpha value is -0.0800. The molecule has 0 amide bonds. The highest BCUT2D eigenvalue weighted by Crippen LogP contribution is 2.24. The summed E-state index contributed by atoms with van der Waals surface area (Å²) in [5.41, 5.74) is 0. The van der Waals surface area contributed by atoms with Crippen molar-refractivity contribution in [1.29, 1.82) is 0 Å². The van der Waals surface area contributed by atoms with Crippen LogP contribution in [-0.4, -0.2) is 36.1 Å². The molecule has 0 aromatic rings. The number of nitrogens with zero attached hydrogens (tertiary/aromatic N) is 1. The molecule has 0 aliphatic heterocycles. The smallest absolute Gasteiger partial charge is 0.0251 e. The van der Waals surface area contributed by atoms with Gasteiger partial charge in [-0.2, -0.15) is 0 Å². The van der Waals surface area contributed by atoms with Crippen LogP contribution in [0.15, 0.2) is 0 Å². The summed E-state index contributed by atoms with van der Waals surface area (Å²) in [6, 6.07) is 2.18. The summed E-state index contributed by atoms with van der Waals surface area (Å²) in [4.78, 5) is 2.67. The summed E-state index contributed by atoms with van der Waals surface area (Å²) in [6.07, 6.45) is 6.82. The van der Waals surface area contributed by atoms with Crippen LogP contribution in [-0.2, 0) is 0 Å². The van der Waals surface area contributed by atoms with E-state index in [4.69, 9.17) is 0 Å². The van der Waals surface area contributed by atoms with Gasteiger partial charge in [0.1, 0.15) is 0 Å². The first-order valence-corrected chi connectivity index (χ1v) is 7.19. The zero-order valence-corrected chi connectivity index (χ0v) is 11.6. The van der Waals surface area contributed by atoms with Crippen molar-refractivity contribution in [1.82, 2.24) is 10.2 Å². The zero-order chi connectivity index (χ0) is 12.0. The second kappa shape index (κ2) is 7.29. The van der Waals surface area contributed by atoms with Crippen molar-refractivity contribution >= 4 is 0 Å². The number of nitrogens with one attached hydrogen (secondary N) is 1. The number of likely N-dealkylation sites (N-methyl/N-ethyl adjacent to an activating group) is 1. The fourth-order valence-corrected chi connectivity index (χ4v) is 3.06. The standard InChI is InChI=1S/C14H30N2/c1-5-11-15-13-9-7-8-10-14(13)16(6-2)12(3)4/h12-15H,5-11H2,1-4H3. The molecule has 2 atom stereocenters. The van der Waals surface area contributed by atoms with Crippen molar-refractivity contribution < 1.29 is 0 Å². The summed E-state index contributed by atoms with van der Waals surface area (Å²) in [6.45, 7) is 11.6. The van der Waals surface area contributed by atoms with E-state index in [2.05, 4.69) is 37.9 Å². The summed E-state index contributed by atoms with van der Waals surface area (Å²) in [5.74, 6) is 0. The molecule has 96 valence electrons. The monoisotopic (exact) mass is 226 g/mol. The van der Waals surface area contributed by atoms with Crippen LogP contribution in [0.5, 0.6) is 0 Å². The molecule has 0 spiro atoms. The van der Waals surface area contributed by atoms with Gasteiger partial charge in [-0.3, -0.25) is 4.90 Å². The molecule has 2 nitrogen and oxygen atoms in total. The normalized spacial score (nSPS) is 26.6. The van der Waals surface area contributed by atoms with Crippen molar-refractivity contribution in [3.8, 4) is 0 Å². The van der Waals surface area contributed by atoms with E-state index >= 15 is 0 Å². The molecule has 0 saturated heterocycles. The molecular weight excluding hydrogens is 196 g/mol. The molecule has 0 heterocycles. The zero-order valence-electron chi connectivity index (χ0n) is 11.6. The Kier molecular flexibility index (Phi) is 6.37. The molecule has 0 bridgehead atoms. The molecule has 1 aliphatic carbocycles. The minimum Gasteiger partial charge on any atom is -0.312 e. The van der Waals surface area contributed by atoms with Gasteiger partial charge < -0.3 is 5.32 Å². The molecule has 2 unspecified atom stereocenters. The Morgan fingerprint density at radius 3 is 2.44 bits per heavy atom. The first kappa shape index (κ1) is 14.0. The lowest BCUT2D eigenvalue weighted by Gasteiger charge is -2.42. The lowest BCUT2D eigenvalue weighted by molar-refractivity contribution is 0.0977. The van der Waals surface area contributed by atoms with Crippen LogP contribution < -0.4 is 5.32 Å². The predicted molar refractivity (Wildman–Crippen MR) is 71.9 cm³/mol. The quantitative estimate of drug-likeness (QED) is 0.749. The molecule has 1 fully saturated rings. The van der Waals surface area contributed by atoms with Crippen molar-refractivity contribution in [3.63, 3.8) is 0 Å². The fourth-order valence-electron chi connectivity index (χ4n) is 3.06. The number of rotatable bonds is 6. The molecular formula is C14H30N2. The van der Waals surface area contributed by atoms with Crippen LogP contribution in [0.1, 0.15) is 59.8 Å². The van der Waals surface area contributed by atoms with Gasteiger partial charge in [0.2, 0.25) is 0 Å². The molecule has 0 aromatic heterocycles. The first-order valence-electron chi connectivity index (χ1n) is 7.19. The lowest BCUT2D eigenvalue weighted by atomic mass is 9.88. The van der Waals surface area contributed by atoms with Crippen LogP contribution in [0.2, 0.25) is 0 Å². The first-order chi connectivity index (χ1) is 7.70. The fraction of sp³-hybridized carbons (Fsp3) is 1.00. The maximum Gasteiger partial charge on any atom is 0.0251 e. The Balaban J connectivity index is 2.57. The van der Waals surface area contributed by atoms with Gasteiger partial charge in [-0.15, -0.1) is 0 Å². The molecule has 1 saturated carbocycles. The average molecular weight is 226 g/mol. The minimum absolute atomic E-state index is 0.680. The highest BCUT2D eigenvalue weighted by Gasteiger charge is 2.29. The van der Waals surface area contributed by atoms with Crippen molar-refractivity contribution in [2.24, 2.45) is 0 Å². The second-order valence-electron chi connectivity index (χ2n) is 5.34. The maximum absolute atomic E-state index is 3.75. The molecule has 1 N–H and O–H groups in total. The van der Waals surface area contributed by atoms with Crippen LogP contribution in [0, 0.1) is 0 Å². The molecule has 1 aliphatic rings. The SMILES string of the molecule is CCCNC1CCCCC1N(CC)C(C)C. The highest BCUT2D eigenvalue weighted by molar-refractivity contribution is 4.89. The van der Waals surface area contributed by atoms with Gasteiger partial charge in [-0.1, -0.05) is 26.7 Å². The number of hydrogen-bond donors (Lipinski definition) is 1. The third-order valence-corrected chi connectivity index (χ3v) is 3.84. The Bertz CT molecular complexity index is 180. The van der Waals surface area contributed by atoms with Gasteiger partial charge in [0.05, 0.1) is 0 Å². The van der Waals surface area contributed by atoms with E-state index in [-0.39, 0.29) is 0 Å². The third-order valence-electron chi connectivity index (χ3n) is 3.84. The van der Waals surface area contributed by atoms with Crippen molar-refractivity contribution in [2.45, 2.75) is 77.9 Å². The Morgan fingerprint density at radius 2 is 1.88 bits per heavy atom. The van der Waals surface area contributed by atoms with Gasteiger partial charge >= 0.3 is 0 Å². The Labute approximate surface area is 102 Å². The van der Waals surface area contributed by atoms with E-state index in [0.717, 1.165) is 12.1 Å². The predicted octanol–water partition coefficient (Wildman–Crippen LogP) is 3.03. The van der Waals surface area contributed by atoms with Crippen LogP contribution in [0.4, 0.5) is 0 Å². The van der Waals surface area contributed by atoms with Crippen LogP contribution >= 0.6 is 0 Å². The molecule has 16 heavy (non-hydrogen) atoms. The molecule has 0 aromatic carbocycles. The summed E-state index contributed by atoms with van der Waals surface area (Å²) < 4.78 is 0. The maximum atomic E-state index is 3.75. The Morgan fingerprint density at radius 1 is 1.19 bits per heavy atom. The second-order valence-corrected chi connectivity index (χ2v) is 5.34. The van der Waals surface area contributed by atoms with E-state index < -0.39 is 0 Å². The molecule has 0 radical (unpaired) electrons.